The van der Waals surface area contributed by atoms with Gasteiger partial charge in [-0.05, 0) is 18.4 Å². The number of ether oxygens (including phenoxy) is 1. The first-order valence-corrected chi connectivity index (χ1v) is 4.04. The second-order valence-corrected chi connectivity index (χ2v) is 3.00. The fourth-order valence-corrected chi connectivity index (χ4v) is 1.18. The molecule has 76 valence electrons. The van der Waals surface area contributed by atoms with Crippen molar-refractivity contribution in [3.63, 3.8) is 0 Å². The highest BCUT2D eigenvalue weighted by Gasteiger charge is 2.32. The van der Waals surface area contributed by atoms with Crippen LogP contribution in [0.25, 0.3) is 0 Å². The summed E-state index contributed by atoms with van der Waals surface area (Å²) in [5.41, 5.74) is 0.337. The molecule has 0 amide bonds. The first-order chi connectivity index (χ1) is 5.99. The van der Waals surface area contributed by atoms with Gasteiger partial charge in [0.2, 0.25) is 0 Å². The maximum Gasteiger partial charge on any atom is 0.391 e. The molecule has 1 heterocycles. The lowest BCUT2D eigenvalue weighted by Gasteiger charge is -2.19. The molecule has 0 aromatic carbocycles. The van der Waals surface area contributed by atoms with Gasteiger partial charge in [-0.2, -0.15) is 13.2 Å². The van der Waals surface area contributed by atoms with Crippen molar-refractivity contribution in [2.45, 2.75) is 31.5 Å². The zero-order chi connectivity index (χ0) is 9.90. The summed E-state index contributed by atoms with van der Waals surface area (Å²) >= 11 is 0. The second-order valence-electron chi connectivity index (χ2n) is 3.00. The molecular weight excluding hydrogens is 185 g/mol. The van der Waals surface area contributed by atoms with E-state index in [9.17, 15) is 13.2 Å². The van der Waals surface area contributed by atoms with E-state index in [0.717, 1.165) is 0 Å². The van der Waals surface area contributed by atoms with E-state index in [2.05, 4.69) is 0 Å². The molecule has 1 N–H and O–H groups in total. The summed E-state index contributed by atoms with van der Waals surface area (Å²) in [4.78, 5) is 0. The van der Waals surface area contributed by atoms with Crippen LogP contribution in [-0.4, -0.2) is 24.0 Å². The van der Waals surface area contributed by atoms with Crippen LogP contribution in [0.4, 0.5) is 13.2 Å². The average Bonchev–Trinajstić information content (AvgIpc) is 2.03. The molecule has 1 atom stereocenters. The van der Waals surface area contributed by atoms with Crippen molar-refractivity contribution in [1.82, 2.24) is 0 Å². The summed E-state index contributed by atoms with van der Waals surface area (Å²) in [5.74, 6) is 0. The summed E-state index contributed by atoms with van der Waals surface area (Å²) in [6.07, 6.45) is -4.57. The zero-order valence-corrected chi connectivity index (χ0v) is 6.97. The van der Waals surface area contributed by atoms with Gasteiger partial charge in [0.05, 0.1) is 25.4 Å². The summed E-state index contributed by atoms with van der Waals surface area (Å²) in [6, 6.07) is 0. The van der Waals surface area contributed by atoms with Crippen LogP contribution in [0.5, 0.6) is 0 Å². The van der Waals surface area contributed by atoms with Crippen molar-refractivity contribution in [2.24, 2.45) is 0 Å². The Labute approximate surface area is 74.0 Å². The molecule has 0 bridgehead atoms. The molecule has 0 spiro atoms. The van der Waals surface area contributed by atoms with Crippen molar-refractivity contribution >= 4 is 0 Å². The Kier molecular flexibility index (Phi) is 3.19. The Balaban J connectivity index is 2.47. The third-order valence-electron chi connectivity index (χ3n) is 1.82. The molecule has 0 aliphatic carbocycles. The van der Waals surface area contributed by atoms with Crippen LogP contribution in [0.3, 0.4) is 0 Å². The van der Waals surface area contributed by atoms with Crippen LogP contribution in [0.15, 0.2) is 11.8 Å². The molecule has 1 aliphatic heterocycles. The monoisotopic (exact) mass is 196 g/mol. The molecule has 2 nitrogen and oxygen atoms in total. The van der Waals surface area contributed by atoms with Crippen LogP contribution < -0.4 is 0 Å². The predicted molar refractivity (Wildman–Crippen MR) is 39.9 cm³/mol. The van der Waals surface area contributed by atoms with Crippen molar-refractivity contribution in [3.05, 3.63) is 11.8 Å². The van der Waals surface area contributed by atoms with E-state index >= 15 is 0 Å². The second kappa shape index (κ2) is 4.00. The summed E-state index contributed by atoms with van der Waals surface area (Å²) in [7, 11) is 0. The number of halogens is 3. The molecule has 1 aliphatic rings. The Bertz CT molecular complexity index is 198. The first-order valence-electron chi connectivity index (χ1n) is 4.04. The summed E-state index contributed by atoms with van der Waals surface area (Å²) in [5, 5.41) is 9.14. The van der Waals surface area contributed by atoms with Gasteiger partial charge in [0, 0.05) is 0 Å². The Hall–Kier alpha value is -0.710. The highest BCUT2D eigenvalue weighted by atomic mass is 19.4. The van der Waals surface area contributed by atoms with Gasteiger partial charge in [-0.1, -0.05) is 0 Å². The minimum atomic E-state index is -4.32. The third kappa shape index (κ3) is 3.67. The normalized spacial score (nSPS) is 20.5. The fourth-order valence-electron chi connectivity index (χ4n) is 1.18. The highest BCUT2D eigenvalue weighted by molar-refractivity contribution is 5.07. The molecule has 1 unspecified atom stereocenters. The molecule has 1 rings (SSSR count). The van der Waals surface area contributed by atoms with Crippen molar-refractivity contribution in [1.29, 1.82) is 0 Å². The van der Waals surface area contributed by atoms with Crippen LogP contribution in [-0.2, 0) is 4.74 Å². The van der Waals surface area contributed by atoms with Gasteiger partial charge in [0.15, 0.2) is 0 Å². The van der Waals surface area contributed by atoms with Crippen LogP contribution in [0, 0.1) is 0 Å². The lowest BCUT2D eigenvalue weighted by Crippen LogP contribution is -2.22. The highest BCUT2D eigenvalue weighted by Crippen LogP contribution is 2.27. The van der Waals surface area contributed by atoms with E-state index in [1.807, 2.05) is 0 Å². The molecule has 0 saturated heterocycles. The van der Waals surface area contributed by atoms with Gasteiger partial charge in [-0.25, -0.2) is 0 Å². The smallest absolute Gasteiger partial charge is 0.391 e. The first kappa shape index (κ1) is 10.4. The van der Waals surface area contributed by atoms with E-state index in [-0.39, 0.29) is 0 Å². The van der Waals surface area contributed by atoms with E-state index in [1.54, 1.807) is 0 Å². The number of alkyl halides is 3. The molecular formula is C8H11F3O2. The van der Waals surface area contributed by atoms with Gasteiger partial charge >= 0.3 is 6.18 Å². The van der Waals surface area contributed by atoms with Crippen molar-refractivity contribution in [3.8, 4) is 0 Å². The molecule has 13 heavy (non-hydrogen) atoms. The zero-order valence-electron chi connectivity index (χ0n) is 6.97. The summed E-state index contributed by atoms with van der Waals surface area (Å²) in [6.45, 7) is 0.516. The molecule has 0 aromatic heterocycles. The van der Waals surface area contributed by atoms with E-state index in [1.165, 1.54) is 6.26 Å². The minimum absolute atomic E-state index is 0.337. The van der Waals surface area contributed by atoms with Gasteiger partial charge < -0.3 is 9.84 Å². The third-order valence-corrected chi connectivity index (χ3v) is 1.82. The van der Waals surface area contributed by atoms with Crippen LogP contribution in [0.1, 0.15) is 19.3 Å². The van der Waals surface area contributed by atoms with Gasteiger partial charge in [-0.15, -0.1) is 0 Å². The standard InChI is InChI=1S/C8H11F3O2/c9-8(10,11)4-7(12)6-2-1-3-13-5-6/h5,7,12H,1-4H2. The van der Waals surface area contributed by atoms with Crippen LogP contribution in [0.2, 0.25) is 0 Å². The van der Waals surface area contributed by atoms with Gasteiger partial charge in [0.1, 0.15) is 0 Å². The number of aliphatic hydroxyl groups excluding tert-OH is 1. The molecule has 0 saturated carbocycles. The average molecular weight is 196 g/mol. The van der Waals surface area contributed by atoms with Gasteiger partial charge in [0.25, 0.3) is 0 Å². The number of aliphatic hydroxyl groups is 1. The van der Waals surface area contributed by atoms with Crippen molar-refractivity contribution < 1.29 is 23.0 Å². The quantitative estimate of drug-likeness (QED) is 0.731. The van der Waals surface area contributed by atoms with Crippen molar-refractivity contribution in [2.75, 3.05) is 6.61 Å². The van der Waals surface area contributed by atoms with E-state index in [0.29, 0.717) is 25.0 Å². The number of hydrogen-bond acceptors (Lipinski definition) is 2. The molecule has 5 heteroatoms. The topological polar surface area (TPSA) is 29.5 Å². The Morgan fingerprint density at radius 1 is 1.54 bits per heavy atom. The largest absolute Gasteiger partial charge is 0.501 e. The number of rotatable bonds is 2. The van der Waals surface area contributed by atoms with E-state index in [4.69, 9.17) is 9.84 Å². The molecule has 0 aromatic rings. The van der Waals surface area contributed by atoms with Gasteiger partial charge in [-0.3, -0.25) is 0 Å². The lowest BCUT2D eigenvalue weighted by atomic mass is 10.0. The Morgan fingerprint density at radius 2 is 2.23 bits per heavy atom. The SMILES string of the molecule is OC(CC(F)(F)F)C1=COCCC1. The maximum atomic E-state index is 11.8. The number of hydrogen-bond donors (Lipinski definition) is 1. The molecule has 0 fully saturated rings. The summed E-state index contributed by atoms with van der Waals surface area (Å²) < 4.78 is 40.3. The lowest BCUT2D eigenvalue weighted by molar-refractivity contribution is -0.150. The van der Waals surface area contributed by atoms with Crippen LogP contribution >= 0.6 is 0 Å². The maximum absolute atomic E-state index is 11.8. The Morgan fingerprint density at radius 3 is 2.69 bits per heavy atom. The van der Waals surface area contributed by atoms with E-state index < -0.39 is 18.7 Å². The molecule has 0 radical (unpaired) electrons. The fraction of sp³-hybridized carbons (Fsp3) is 0.750. The minimum Gasteiger partial charge on any atom is -0.501 e. The predicted octanol–water partition coefficient (Wildman–Crippen LogP) is 1.99.